The summed E-state index contributed by atoms with van der Waals surface area (Å²) in [5.74, 6) is 1.10. The van der Waals surface area contributed by atoms with E-state index < -0.39 is 5.41 Å². The van der Waals surface area contributed by atoms with E-state index in [1.165, 1.54) is 0 Å². The molecule has 0 radical (unpaired) electrons. The van der Waals surface area contributed by atoms with Crippen LogP contribution in [0.15, 0.2) is 36.9 Å². The molecule has 2 amide bonds. The highest BCUT2D eigenvalue weighted by Gasteiger charge is 2.50. The Bertz CT molecular complexity index is 867. The lowest BCUT2D eigenvalue weighted by molar-refractivity contribution is -0.128. The van der Waals surface area contributed by atoms with Crippen LogP contribution in [0.5, 0.6) is 11.5 Å². The lowest BCUT2D eigenvalue weighted by Gasteiger charge is -2.22. The summed E-state index contributed by atoms with van der Waals surface area (Å²) in [7, 11) is 1.63. The number of ether oxygens (including phenoxy) is 2. The van der Waals surface area contributed by atoms with Gasteiger partial charge in [0.25, 0.3) is 0 Å². The minimum Gasteiger partial charge on any atom is -0.493 e. The molecule has 2 aromatic rings. The molecule has 1 N–H and O–H groups in total. The smallest absolute Gasteiger partial charge is 0.234 e. The van der Waals surface area contributed by atoms with Gasteiger partial charge < -0.3 is 14.0 Å². The number of benzene rings is 1. The van der Waals surface area contributed by atoms with Crippen LogP contribution in [0, 0.1) is 5.41 Å². The molecule has 2 aliphatic rings. The van der Waals surface area contributed by atoms with Crippen molar-refractivity contribution in [1.82, 2.24) is 19.8 Å². The van der Waals surface area contributed by atoms with E-state index in [-0.39, 0.29) is 18.2 Å². The first-order chi connectivity index (χ1) is 13.6. The van der Waals surface area contributed by atoms with E-state index in [9.17, 15) is 9.59 Å². The van der Waals surface area contributed by atoms with Crippen LogP contribution in [-0.4, -0.2) is 53.1 Å². The van der Waals surface area contributed by atoms with E-state index in [1.807, 2.05) is 29.0 Å². The van der Waals surface area contributed by atoms with E-state index in [0.717, 1.165) is 17.9 Å². The molecule has 1 spiro atoms. The summed E-state index contributed by atoms with van der Waals surface area (Å²) in [6.07, 6.45) is 6.37. The van der Waals surface area contributed by atoms with Crippen molar-refractivity contribution in [2.24, 2.45) is 5.41 Å². The Kier molecular flexibility index (Phi) is 5.04. The van der Waals surface area contributed by atoms with Gasteiger partial charge in [-0.25, -0.2) is 4.98 Å². The van der Waals surface area contributed by atoms with E-state index in [2.05, 4.69) is 15.2 Å². The predicted octanol–water partition coefficient (Wildman–Crippen LogP) is 1.21. The third-order valence-electron chi connectivity index (χ3n) is 5.50. The number of nitrogens with one attached hydrogen (secondary N) is 1. The minimum absolute atomic E-state index is 0.137. The van der Waals surface area contributed by atoms with Gasteiger partial charge in [-0.2, -0.15) is 0 Å². The van der Waals surface area contributed by atoms with E-state index in [0.29, 0.717) is 38.4 Å². The number of aromatic nitrogens is 2. The van der Waals surface area contributed by atoms with Crippen molar-refractivity contribution >= 4 is 11.8 Å². The van der Waals surface area contributed by atoms with E-state index in [1.54, 1.807) is 19.6 Å². The van der Waals surface area contributed by atoms with Gasteiger partial charge in [0, 0.05) is 37.5 Å². The molecule has 2 saturated heterocycles. The van der Waals surface area contributed by atoms with Gasteiger partial charge in [-0.1, -0.05) is 12.1 Å². The first kappa shape index (κ1) is 18.5. The Morgan fingerprint density at radius 1 is 1.32 bits per heavy atom. The molecule has 0 unspecified atom stereocenters. The Morgan fingerprint density at radius 2 is 2.21 bits per heavy atom. The first-order valence-electron chi connectivity index (χ1n) is 9.41. The normalized spacial score (nSPS) is 22.0. The van der Waals surface area contributed by atoms with Gasteiger partial charge in [0.05, 0.1) is 25.4 Å². The largest absolute Gasteiger partial charge is 0.493 e. The van der Waals surface area contributed by atoms with Crippen molar-refractivity contribution < 1.29 is 19.1 Å². The van der Waals surface area contributed by atoms with E-state index in [4.69, 9.17) is 9.47 Å². The number of likely N-dealkylation sites (tertiary alicyclic amines) is 1. The highest BCUT2D eigenvalue weighted by atomic mass is 16.5. The van der Waals surface area contributed by atoms with Gasteiger partial charge in [-0.05, 0) is 19.0 Å². The molecule has 0 aliphatic carbocycles. The first-order valence-corrected chi connectivity index (χ1v) is 9.41. The summed E-state index contributed by atoms with van der Waals surface area (Å²) in [5, 5.41) is 2.45. The third kappa shape index (κ3) is 3.60. The van der Waals surface area contributed by atoms with E-state index >= 15 is 0 Å². The number of rotatable bonds is 7. The standard InChI is InChI=1S/C20H24N4O4/c1-27-16-4-2-3-15(18(16)28-10-9-23-8-6-21-14-23)12-24-7-5-20(13-24)11-17(25)22-19(20)26/h2-4,6,8,14H,5,7,9-13H2,1H3,(H,22,25,26)/t20-/m1/s1. The molecule has 2 fully saturated rings. The number of nitrogens with zero attached hydrogens (tertiary/aromatic N) is 3. The fourth-order valence-electron chi connectivity index (χ4n) is 4.04. The third-order valence-corrected chi connectivity index (χ3v) is 5.50. The molecule has 4 rings (SSSR count). The van der Waals surface area contributed by atoms with Crippen LogP contribution in [0.4, 0.5) is 0 Å². The monoisotopic (exact) mass is 384 g/mol. The molecule has 8 nitrogen and oxygen atoms in total. The van der Waals surface area contributed by atoms with Gasteiger partial charge in [-0.3, -0.25) is 19.8 Å². The molecule has 1 aromatic heterocycles. The number of imide groups is 1. The number of imidazole rings is 1. The molecule has 8 heteroatoms. The van der Waals surface area contributed by atoms with Crippen LogP contribution in [-0.2, 0) is 22.7 Å². The van der Waals surface area contributed by atoms with Gasteiger partial charge in [-0.15, -0.1) is 0 Å². The SMILES string of the molecule is COc1cccc(CN2CC[C@@]3(CC(=O)NC3=O)C2)c1OCCn1ccnc1. The number of amides is 2. The fraction of sp³-hybridized carbons (Fsp3) is 0.450. The quantitative estimate of drug-likeness (QED) is 0.723. The zero-order valence-electron chi connectivity index (χ0n) is 15.9. The van der Waals surface area contributed by atoms with Crippen molar-refractivity contribution in [3.8, 4) is 11.5 Å². The Hall–Kier alpha value is -2.87. The van der Waals surface area contributed by atoms with Crippen molar-refractivity contribution in [3.05, 3.63) is 42.5 Å². The van der Waals surface area contributed by atoms with Gasteiger partial charge in [0.1, 0.15) is 6.61 Å². The van der Waals surface area contributed by atoms with Gasteiger partial charge >= 0.3 is 0 Å². The average Bonchev–Trinajstić information content (AvgIpc) is 3.39. The predicted molar refractivity (Wildman–Crippen MR) is 101 cm³/mol. The van der Waals surface area contributed by atoms with Crippen molar-refractivity contribution in [2.75, 3.05) is 26.8 Å². The number of methoxy groups -OCH3 is 1. The van der Waals surface area contributed by atoms with Crippen LogP contribution < -0.4 is 14.8 Å². The molecule has 1 atom stereocenters. The molecule has 148 valence electrons. The van der Waals surface area contributed by atoms with Crippen molar-refractivity contribution in [2.45, 2.75) is 25.9 Å². The molecule has 1 aromatic carbocycles. The fourth-order valence-corrected chi connectivity index (χ4v) is 4.04. The number of hydrogen-bond donors (Lipinski definition) is 1. The van der Waals surface area contributed by atoms with Gasteiger partial charge in [0.15, 0.2) is 11.5 Å². The zero-order chi connectivity index (χ0) is 19.6. The maximum absolute atomic E-state index is 12.2. The van der Waals surface area contributed by atoms with Gasteiger partial charge in [0.2, 0.25) is 11.8 Å². The number of para-hydroxylation sites is 1. The second-order valence-corrected chi connectivity index (χ2v) is 7.39. The van der Waals surface area contributed by atoms with Crippen molar-refractivity contribution in [3.63, 3.8) is 0 Å². The minimum atomic E-state index is -0.571. The summed E-state index contributed by atoms with van der Waals surface area (Å²) in [6.45, 7) is 3.17. The summed E-state index contributed by atoms with van der Waals surface area (Å²) in [5.41, 5.74) is 0.435. The Morgan fingerprint density at radius 3 is 2.93 bits per heavy atom. The van der Waals surface area contributed by atoms with Crippen LogP contribution in [0.3, 0.4) is 0 Å². The second-order valence-electron chi connectivity index (χ2n) is 7.39. The maximum atomic E-state index is 12.2. The van der Waals surface area contributed by atoms with Crippen molar-refractivity contribution in [1.29, 1.82) is 0 Å². The highest BCUT2D eigenvalue weighted by molar-refractivity contribution is 6.06. The molecule has 2 aliphatic heterocycles. The van der Waals surface area contributed by atoms with Crippen LogP contribution in [0.25, 0.3) is 0 Å². The molecule has 3 heterocycles. The van der Waals surface area contributed by atoms with Crippen LogP contribution >= 0.6 is 0 Å². The average molecular weight is 384 g/mol. The Balaban J connectivity index is 1.45. The lowest BCUT2D eigenvalue weighted by atomic mass is 9.85. The number of carbonyl (C=O) groups excluding carboxylic acids is 2. The van der Waals surface area contributed by atoms with Crippen LogP contribution in [0.1, 0.15) is 18.4 Å². The summed E-state index contributed by atoms with van der Waals surface area (Å²) >= 11 is 0. The maximum Gasteiger partial charge on any atom is 0.234 e. The zero-order valence-corrected chi connectivity index (χ0v) is 15.9. The molecule has 0 saturated carbocycles. The summed E-state index contributed by atoms with van der Waals surface area (Å²) < 4.78 is 13.5. The number of carbonyl (C=O) groups is 2. The number of hydrogen-bond acceptors (Lipinski definition) is 6. The summed E-state index contributed by atoms with van der Waals surface area (Å²) in [6, 6.07) is 5.83. The van der Waals surface area contributed by atoms with Crippen LogP contribution in [0.2, 0.25) is 0 Å². The highest BCUT2D eigenvalue weighted by Crippen LogP contribution is 2.39. The topological polar surface area (TPSA) is 85.7 Å². The Labute approximate surface area is 163 Å². The molecular weight excluding hydrogens is 360 g/mol. The molecular formula is C20H24N4O4. The molecule has 28 heavy (non-hydrogen) atoms. The lowest BCUT2D eigenvalue weighted by Crippen LogP contribution is -2.34. The second kappa shape index (κ2) is 7.63. The molecule has 0 bridgehead atoms. The summed E-state index contributed by atoms with van der Waals surface area (Å²) in [4.78, 5) is 30.1.